The van der Waals surface area contributed by atoms with Crippen molar-refractivity contribution in [1.82, 2.24) is 9.80 Å². The maximum absolute atomic E-state index is 13.3. The Bertz CT molecular complexity index is 1150. The van der Waals surface area contributed by atoms with Crippen molar-refractivity contribution >= 4 is 39.5 Å². The molecule has 3 aromatic carbocycles. The van der Waals surface area contributed by atoms with Crippen LogP contribution in [0.5, 0.6) is 0 Å². The number of carbonyl (C=O) groups excluding carboxylic acids is 3. The molecule has 6 nitrogen and oxygen atoms in total. The van der Waals surface area contributed by atoms with Crippen LogP contribution in [0.25, 0.3) is 0 Å². The third-order valence-corrected chi connectivity index (χ3v) is 5.96. The lowest BCUT2D eigenvalue weighted by molar-refractivity contribution is -0.131. The summed E-state index contributed by atoms with van der Waals surface area (Å²) in [7, 11) is 0. The van der Waals surface area contributed by atoms with E-state index in [1.165, 1.54) is 4.90 Å². The second-order valence-corrected chi connectivity index (χ2v) is 8.52. The maximum Gasteiger partial charge on any atom is 0.328 e. The molecule has 0 spiro atoms. The summed E-state index contributed by atoms with van der Waals surface area (Å²) in [5.41, 5.74) is 3.25. The molecule has 0 saturated carbocycles. The maximum atomic E-state index is 13.3. The van der Waals surface area contributed by atoms with Gasteiger partial charge in [-0.15, -0.1) is 0 Å². The number of imide groups is 1. The van der Waals surface area contributed by atoms with Crippen LogP contribution in [0.3, 0.4) is 0 Å². The van der Waals surface area contributed by atoms with Gasteiger partial charge in [-0.25, -0.2) is 4.79 Å². The van der Waals surface area contributed by atoms with Gasteiger partial charge < -0.3 is 10.2 Å². The Morgan fingerprint density at radius 1 is 0.969 bits per heavy atom. The van der Waals surface area contributed by atoms with E-state index in [0.29, 0.717) is 11.3 Å². The van der Waals surface area contributed by atoms with Gasteiger partial charge in [0.1, 0.15) is 12.6 Å². The Kier molecular flexibility index (Phi) is 6.37. The minimum absolute atomic E-state index is 0.270. The number of nitrogens with one attached hydrogen (secondary N) is 1. The van der Waals surface area contributed by atoms with Crippen molar-refractivity contribution in [3.8, 4) is 0 Å². The van der Waals surface area contributed by atoms with Gasteiger partial charge in [0.15, 0.2) is 0 Å². The van der Waals surface area contributed by atoms with E-state index < -0.39 is 23.9 Å². The SMILES string of the molecule is Cc1ccc(NC(=O)CN2C(=O)C(c3ccccc3)N(Cc3ccccc3)C2=O)c(Br)c1. The van der Waals surface area contributed by atoms with Crippen molar-refractivity contribution in [2.75, 3.05) is 11.9 Å². The highest BCUT2D eigenvalue weighted by Gasteiger charge is 2.46. The van der Waals surface area contributed by atoms with E-state index >= 15 is 0 Å². The van der Waals surface area contributed by atoms with Crippen molar-refractivity contribution in [1.29, 1.82) is 0 Å². The van der Waals surface area contributed by atoms with E-state index in [1.807, 2.05) is 79.7 Å². The van der Waals surface area contributed by atoms with E-state index in [4.69, 9.17) is 0 Å². The molecular weight excluding hydrogens is 470 g/mol. The molecule has 1 saturated heterocycles. The second kappa shape index (κ2) is 9.36. The smallest absolute Gasteiger partial charge is 0.323 e. The summed E-state index contributed by atoms with van der Waals surface area (Å²) in [5, 5.41) is 2.77. The van der Waals surface area contributed by atoms with Crippen LogP contribution in [0.1, 0.15) is 22.7 Å². The van der Waals surface area contributed by atoms with Gasteiger partial charge in [0.2, 0.25) is 5.91 Å². The van der Waals surface area contributed by atoms with Crippen molar-refractivity contribution in [2.45, 2.75) is 19.5 Å². The zero-order valence-corrected chi connectivity index (χ0v) is 19.1. The summed E-state index contributed by atoms with van der Waals surface area (Å²) < 4.78 is 0.734. The van der Waals surface area contributed by atoms with Crippen LogP contribution in [-0.2, 0) is 16.1 Å². The minimum Gasteiger partial charge on any atom is -0.323 e. The molecule has 1 aliphatic heterocycles. The molecule has 0 bridgehead atoms. The van der Waals surface area contributed by atoms with Gasteiger partial charge in [0, 0.05) is 11.0 Å². The monoisotopic (exact) mass is 491 g/mol. The number of rotatable bonds is 6. The van der Waals surface area contributed by atoms with Crippen molar-refractivity contribution in [3.05, 3.63) is 100 Å². The molecule has 4 rings (SSSR count). The summed E-state index contributed by atoms with van der Waals surface area (Å²) in [6, 6.07) is 22.9. The van der Waals surface area contributed by atoms with E-state index in [9.17, 15) is 14.4 Å². The lowest BCUT2D eigenvalue weighted by Gasteiger charge is -2.22. The van der Waals surface area contributed by atoms with Crippen LogP contribution in [0.2, 0.25) is 0 Å². The quantitative estimate of drug-likeness (QED) is 0.498. The fourth-order valence-electron chi connectivity index (χ4n) is 3.74. The Morgan fingerprint density at radius 2 is 1.62 bits per heavy atom. The first-order chi connectivity index (χ1) is 15.4. The number of aryl methyl sites for hydroxylation is 1. The molecule has 0 radical (unpaired) electrons. The number of carbonyl (C=O) groups is 3. The summed E-state index contributed by atoms with van der Waals surface area (Å²) in [6.45, 7) is 1.86. The lowest BCUT2D eigenvalue weighted by Crippen LogP contribution is -2.38. The zero-order valence-electron chi connectivity index (χ0n) is 17.5. The van der Waals surface area contributed by atoms with E-state index in [1.54, 1.807) is 6.07 Å². The number of urea groups is 1. The first kappa shape index (κ1) is 21.8. The summed E-state index contributed by atoms with van der Waals surface area (Å²) in [6.07, 6.45) is 0. The van der Waals surface area contributed by atoms with E-state index in [-0.39, 0.29) is 13.1 Å². The standard InChI is InChI=1S/C25H22BrN3O3/c1-17-12-13-21(20(26)14-17)27-22(30)16-29-24(31)23(19-10-6-3-7-11-19)28(25(29)32)15-18-8-4-2-5-9-18/h2-14,23H,15-16H2,1H3,(H,27,30). The largest absolute Gasteiger partial charge is 0.328 e. The van der Waals surface area contributed by atoms with Gasteiger partial charge >= 0.3 is 6.03 Å². The topological polar surface area (TPSA) is 69.7 Å². The molecule has 1 heterocycles. The van der Waals surface area contributed by atoms with Crippen LogP contribution in [-0.4, -0.2) is 34.2 Å². The van der Waals surface area contributed by atoms with Crippen LogP contribution < -0.4 is 5.32 Å². The summed E-state index contributed by atoms with van der Waals surface area (Å²) in [4.78, 5) is 41.8. The number of nitrogens with zero attached hydrogens (tertiary/aromatic N) is 2. The summed E-state index contributed by atoms with van der Waals surface area (Å²) >= 11 is 3.43. The molecule has 1 aliphatic rings. The number of benzene rings is 3. The molecule has 1 N–H and O–H groups in total. The highest BCUT2D eigenvalue weighted by atomic mass is 79.9. The van der Waals surface area contributed by atoms with Gasteiger partial charge in [-0.05, 0) is 51.7 Å². The number of hydrogen-bond donors (Lipinski definition) is 1. The Balaban J connectivity index is 1.57. The molecule has 1 atom stereocenters. The second-order valence-electron chi connectivity index (χ2n) is 7.67. The fraction of sp³-hybridized carbons (Fsp3) is 0.160. The van der Waals surface area contributed by atoms with Gasteiger partial charge in [-0.1, -0.05) is 66.7 Å². The average molecular weight is 492 g/mol. The third kappa shape index (κ3) is 4.57. The third-order valence-electron chi connectivity index (χ3n) is 5.30. The van der Waals surface area contributed by atoms with Gasteiger partial charge in [0.05, 0.1) is 5.69 Å². The lowest BCUT2D eigenvalue weighted by atomic mass is 10.1. The highest BCUT2D eigenvalue weighted by Crippen LogP contribution is 2.32. The van der Waals surface area contributed by atoms with Crippen LogP contribution in [0, 0.1) is 6.92 Å². The molecule has 7 heteroatoms. The predicted octanol–water partition coefficient (Wildman–Crippen LogP) is 4.90. The van der Waals surface area contributed by atoms with Crippen LogP contribution >= 0.6 is 15.9 Å². The summed E-state index contributed by atoms with van der Waals surface area (Å²) in [5.74, 6) is -0.847. The molecule has 1 fully saturated rings. The Morgan fingerprint density at radius 3 is 2.28 bits per heavy atom. The van der Waals surface area contributed by atoms with Crippen LogP contribution in [0.15, 0.2) is 83.3 Å². The molecule has 3 aromatic rings. The molecule has 0 aromatic heterocycles. The minimum atomic E-state index is -0.775. The molecule has 1 unspecified atom stereocenters. The van der Waals surface area contributed by atoms with Gasteiger partial charge in [-0.3, -0.25) is 14.5 Å². The van der Waals surface area contributed by atoms with Gasteiger partial charge in [0.25, 0.3) is 5.91 Å². The highest BCUT2D eigenvalue weighted by molar-refractivity contribution is 9.10. The number of amides is 4. The Hall–Kier alpha value is -3.45. The fourth-order valence-corrected chi connectivity index (χ4v) is 4.33. The molecule has 0 aliphatic carbocycles. The van der Waals surface area contributed by atoms with Crippen molar-refractivity contribution in [3.63, 3.8) is 0 Å². The van der Waals surface area contributed by atoms with E-state index in [2.05, 4.69) is 21.2 Å². The first-order valence-electron chi connectivity index (χ1n) is 10.2. The number of hydrogen-bond acceptors (Lipinski definition) is 3. The van der Waals surface area contributed by atoms with Crippen molar-refractivity contribution in [2.24, 2.45) is 0 Å². The average Bonchev–Trinajstić information content (AvgIpc) is 3.01. The molecule has 32 heavy (non-hydrogen) atoms. The normalized spacial score (nSPS) is 15.9. The number of halogens is 1. The van der Waals surface area contributed by atoms with Crippen molar-refractivity contribution < 1.29 is 14.4 Å². The van der Waals surface area contributed by atoms with Crippen LogP contribution in [0.4, 0.5) is 10.5 Å². The number of anilines is 1. The molecule has 4 amide bonds. The molecular formula is C25H22BrN3O3. The predicted molar refractivity (Wildman–Crippen MR) is 126 cm³/mol. The Labute approximate surface area is 195 Å². The first-order valence-corrected chi connectivity index (χ1v) is 11.0. The van der Waals surface area contributed by atoms with Gasteiger partial charge in [-0.2, -0.15) is 0 Å². The zero-order chi connectivity index (χ0) is 22.7. The van der Waals surface area contributed by atoms with E-state index in [0.717, 1.165) is 20.5 Å². The molecule has 162 valence electrons.